The van der Waals surface area contributed by atoms with Crippen LogP contribution in [0.1, 0.15) is 64.7 Å². The highest BCUT2D eigenvalue weighted by Crippen LogP contribution is 2.41. The minimum atomic E-state index is 0.545. The third-order valence-electron chi connectivity index (χ3n) is 5.60. The highest BCUT2D eigenvalue weighted by atomic mass is 32.2. The van der Waals surface area contributed by atoms with E-state index in [-0.39, 0.29) is 0 Å². The van der Waals surface area contributed by atoms with Crippen molar-refractivity contribution in [2.24, 2.45) is 11.8 Å². The second-order valence-corrected chi connectivity index (χ2v) is 8.78. The Hall–Kier alpha value is 0.310. The first-order chi connectivity index (χ1) is 8.75. The molecule has 0 bridgehead atoms. The van der Waals surface area contributed by atoms with Crippen LogP contribution in [0.2, 0.25) is 0 Å². The average molecular weight is 267 g/mol. The van der Waals surface area contributed by atoms with Gasteiger partial charge in [-0.3, -0.25) is 0 Å². The van der Waals surface area contributed by atoms with E-state index in [0.717, 1.165) is 17.9 Å². The quantitative estimate of drug-likeness (QED) is 0.821. The molecule has 1 nitrogen and oxygen atoms in total. The SMILES string of the molecule is CC1(CNC2CCC3CCCCC3C2)CCCS1. The van der Waals surface area contributed by atoms with Crippen molar-refractivity contribution < 1.29 is 0 Å². The molecule has 0 aromatic rings. The molecular weight excluding hydrogens is 238 g/mol. The molecule has 104 valence electrons. The molecule has 1 heterocycles. The zero-order chi connectivity index (χ0) is 12.4. The molecule has 1 aliphatic heterocycles. The lowest BCUT2D eigenvalue weighted by molar-refractivity contribution is 0.143. The first-order valence-electron chi connectivity index (χ1n) is 8.12. The topological polar surface area (TPSA) is 12.0 Å². The van der Waals surface area contributed by atoms with Crippen LogP contribution >= 0.6 is 11.8 Å². The molecule has 3 fully saturated rings. The number of rotatable bonds is 3. The minimum absolute atomic E-state index is 0.545. The molecule has 2 aliphatic carbocycles. The van der Waals surface area contributed by atoms with Gasteiger partial charge in [0.2, 0.25) is 0 Å². The molecule has 2 saturated carbocycles. The zero-order valence-electron chi connectivity index (χ0n) is 11.9. The third kappa shape index (κ3) is 3.07. The molecule has 3 rings (SSSR count). The van der Waals surface area contributed by atoms with Crippen molar-refractivity contribution in [1.29, 1.82) is 0 Å². The highest BCUT2D eigenvalue weighted by Gasteiger charge is 2.34. The maximum absolute atomic E-state index is 3.92. The number of hydrogen-bond acceptors (Lipinski definition) is 2. The average Bonchev–Trinajstić information content (AvgIpc) is 2.84. The van der Waals surface area contributed by atoms with Gasteiger partial charge < -0.3 is 5.32 Å². The van der Waals surface area contributed by atoms with E-state index in [1.54, 1.807) is 0 Å². The van der Waals surface area contributed by atoms with Crippen LogP contribution in [0.25, 0.3) is 0 Å². The number of thioether (sulfide) groups is 1. The first kappa shape index (κ1) is 13.3. The molecule has 18 heavy (non-hydrogen) atoms. The lowest BCUT2D eigenvalue weighted by atomic mass is 9.69. The molecule has 3 aliphatic rings. The molecule has 2 heteroatoms. The second kappa shape index (κ2) is 5.75. The van der Waals surface area contributed by atoms with Crippen LogP contribution in [0.4, 0.5) is 0 Å². The van der Waals surface area contributed by atoms with Crippen molar-refractivity contribution in [1.82, 2.24) is 5.32 Å². The van der Waals surface area contributed by atoms with Crippen LogP contribution in [0.3, 0.4) is 0 Å². The van der Waals surface area contributed by atoms with E-state index < -0.39 is 0 Å². The van der Waals surface area contributed by atoms with Crippen LogP contribution in [0.15, 0.2) is 0 Å². The molecule has 4 atom stereocenters. The Morgan fingerprint density at radius 2 is 1.89 bits per heavy atom. The summed E-state index contributed by atoms with van der Waals surface area (Å²) in [6.45, 7) is 3.71. The molecule has 4 unspecified atom stereocenters. The van der Waals surface area contributed by atoms with Gasteiger partial charge in [-0.05, 0) is 56.6 Å². The van der Waals surface area contributed by atoms with E-state index in [4.69, 9.17) is 0 Å². The van der Waals surface area contributed by atoms with Crippen LogP contribution in [-0.4, -0.2) is 23.1 Å². The fourth-order valence-electron chi connectivity index (χ4n) is 4.40. The predicted octanol–water partition coefficient (Wildman–Crippen LogP) is 4.22. The van der Waals surface area contributed by atoms with E-state index in [0.29, 0.717) is 4.75 Å². The van der Waals surface area contributed by atoms with Crippen molar-refractivity contribution in [2.75, 3.05) is 12.3 Å². The van der Waals surface area contributed by atoms with Gasteiger partial charge in [0.05, 0.1) is 0 Å². The number of nitrogens with one attached hydrogen (secondary N) is 1. The first-order valence-corrected chi connectivity index (χ1v) is 9.11. The minimum Gasteiger partial charge on any atom is -0.313 e. The largest absolute Gasteiger partial charge is 0.313 e. The Kier molecular flexibility index (Phi) is 4.25. The second-order valence-electron chi connectivity index (χ2n) is 7.10. The fraction of sp³-hybridized carbons (Fsp3) is 1.00. The lowest BCUT2D eigenvalue weighted by Crippen LogP contribution is -2.43. The normalized spacial score (nSPS) is 44.8. The van der Waals surface area contributed by atoms with Gasteiger partial charge in [0.25, 0.3) is 0 Å². The Bertz CT molecular complexity index is 272. The highest BCUT2D eigenvalue weighted by molar-refractivity contribution is 8.00. The van der Waals surface area contributed by atoms with Crippen LogP contribution in [-0.2, 0) is 0 Å². The smallest absolute Gasteiger partial charge is 0.0256 e. The van der Waals surface area contributed by atoms with Gasteiger partial charge in [0.15, 0.2) is 0 Å². The van der Waals surface area contributed by atoms with Gasteiger partial charge in [-0.2, -0.15) is 11.8 Å². The Balaban J connectivity index is 1.46. The summed E-state index contributed by atoms with van der Waals surface area (Å²) in [5, 5.41) is 3.92. The van der Waals surface area contributed by atoms with Crippen molar-refractivity contribution in [3.63, 3.8) is 0 Å². The van der Waals surface area contributed by atoms with E-state index in [9.17, 15) is 0 Å². The summed E-state index contributed by atoms with van der Waals surface area (Å²) in [5.74, 6) is 3.54. The van der Waals surface area contributed by atoms with E-state index >= 15 is 0 Å². The van der Waals surface area contributed by atoms with E-state index in [1.807, 2.05) is 0 Å². The van der Waals surface area contributed by atoms with Crippen LogP contribution in [0, 0.1) is 11.8 Å². The van der Waals surface area contributed by atoms with Gasteiger partial charge in [-0.1, -0.05) is 25.7 Å². The summed E-state index contributed by atoms with van der Waals surface area (Å²) >= 11 is 2.19. The van der Waals surface area contributed by atoms with Gasteiger partial charge in [-0.15, -0.1) is 0 Å². The number of fused-ring (bicyclic) bond motifs is 1. The van der Waals surface area contributed by atoms with Gasteiger partial charge >= 0.3 is 0 Å². The van der Waals surface area contributed by atoms with Crippen molar-refractivity contribution in [2.45, 2.75) is 75.5 Å². The summed E-state index contributed by atoms with van der Waals surface area (Å²) < 4.78 is 0.545. The van der Waals surface area contributed by atoms with Crippen molar-refractivity contribution >= 4 is 11.8 Å². The fourth-order valence-corrected chi connectivity index (χ4v) is 5.65. The Morgan fingerprint density at radius 1 is 1.06 bits per heavy atom. The van der Waals surface area contributed by atoms with Gasteiger partial charge in [0.1, 0.15) is 0 Å². The molecule has 0 aromatic heterocycles. The summed E-state index contributed by atoms with van der Waals surface area (Å²) in [6, 6.07) is 0.836. The molecule has 0 amide bonds. The zero-order valence-corrected chi connectivity index (χ0v) is 12.7. The molecule has 0 aromatic carbocycles. The third-order valence-corrected chi connectivity index (χ3v) is 7.14. The van der Waals surface area contributed by atoms with E-state index in [1.165, 1.54) is 70.1 Å². The Labute approximate surface area is 117 Å². The lowest BCUT2D eigenvalue weighted by Gasteiger charge is -2.40. The molecule has 1 N–H and O–H groups in total. The van der Waals surface area contributed by atoms with E-state index in [2.05, 4.69) is 24.0 Å². The Morgan fingerprint density at radius 3 is 2.67 bits per heavy atom. The summed E-state index contributed by atoms with van der Waals surface area (Å²) in [5.41, 5.74) is 0. The van der Waals surface area contributed by atoms with Crippen LogP contribution in [0.5, 0.6) is 0 Å². The van der Waals surface area contributed by atoms with Crippen molar-refractivity contribution in [3.8, 4) is 0 Å². The molecule has 0 radical (unpaired) electrons. The summed E-state index contributed by atoms with van der Waals surface area (Å²) in [4.78, 5) is 0. The molecular formula is C16H29NS. The van der Waals surface area contributed by atoms with Crippen molar-refractivity contribution in [3.05, 3.63) is 0 Å². The summed E-state index contributed by atoms with van der Waals surface area (Å²) in [7, 11) is 0. The molecule has 1 saturated heterocycles. The predicted molar refractivity (Wildman–Crippen MR) is 81.2 cm³/mol. The van der Waals surface area contributed by atoms with Crippen LogP contribution < -0.4 is 5.32 Å². The molecule has 0 spiro atoms. The summed E-state index contributed by atoms with van der Waals surface area (Å²) in [6.07, 6.45) is 13.3. The maximum atomic E-state index is 3.92. The van der Waals surface area contributed by atoms with Gasteiger partial charge in [0, 0.05) is 17.3 Å². The van der Waals surface area contributed by atoms with Gasteiger partial charge in [-0.25, -0.2) is 0 Å². The monoisotopic (exact) mass is 267 g/mol. The standard InChI is InChI=1S/C16H29NS/c1-16(9-4-10-18-16)12-17-15-8-7-13-5-2-3-6-14(13)11-15/h13-15,17H,2-12H2,1H3. The maximum Gasteiger partial charge on any atom is 0.0256 e. The number of hydrogen-bond donors (Lipinski definition) is 1.